The second-order valence-electron chi connectivity index (χ2n) is 5.45. The topological polar surface area (TPSA) is 26.3 Å². The zero-order chi connectivity index (χ0) is 17.2. The zero-order valence-electron chi connectivity index (χ0n) is 15.2. The van der Waals surface area contributed by atoms with E-state index in [9.17, 15) is 4.79 Å². The normalized spacial score (nSPS) is 12.8. The van der Waals surface area contributed by atoms with Gasteiger partial charge in [-0.05, 0) is 67.0 Å². The van der Waals surface area contributed by atoms with Crippen molar-refractivity contribution in [3.05, 3.63) is 52.6 Å². The van der Waals surface area contributed by atoms with Crippen LogP contribution >= 0.6 is 0 Å². The Morgan fingerprint density at radius 3 is 1.96 bits per heavy atom. The second kappa shape index (κ2) is 10.0. The van der Waals surface area contributed by atoms with Gasteiger partial charge in [-0.15, -0.1) is 0 Å². The molecule has 0 saturated heterocycles. The molecule has 0 bridgehead atoms. The third kappa shape index (κ3) is 5.09. The second-order valence-corrected chi connectivity index (χ2v) is 5.45. The lowest BCUT2D eigenvalue weighted by Crippen LogP contribution is -2.04. The lowest BCUT2D eigenvalue weighted by molar-refractivity contribution is 0.0526. The van der Waals surface area contributed by atoms with Gasteiger partial charge < -0.3 is 4.74 Å². The molecular weight excluding hydrogens is 284 g/mol. The van der Waals surface area contributed by atoms with E-state index < -0.39 is 0 Å². The molecule has 0 saturated carbocycles. The van der Waals surface area contributed by atoms with Crippen LogP contribution in [0.3, 0.4) is 0 Å². The number of ether oxygens (including phenoxy) is 1. The van der Waals surface area contributed by atoms with Crippen LogP contribution in [-0.4, -0.2) is 12.6 Å². The molecule has 0 unspecified atom stereocenters. The molecule has 0 aromatic heterocycles. The summed E-state index contributed by atoms with van der Waals surface area (Å²) in [6.07, 6.45) is 6.47. The van der Waals surface area contributed by atoms with E-state index >= 15 is 0 Å². The molecule has 0 N–H and O–H groups in total. The average molecular weight is 314 g/mol. The van der Waals surface area contributed by atoms with Crippen molar-refractivity contribution in [3.63, 3.8) is 0 Å². The summed E-state index contributed by atoms with van der Waals surface area (Å²) in [4.78, 5) is 11.8. The molecule has 0 atom stereocenters. The first-order chi connectivity index (χ1) is 11.1. The van der Waals surface area contributed by atoms with Gasteiger partial charge in [0.05, 0.1) is 12.2 Å². The number of hydrogen-bond donors (Lipinski definition) is 0. The molecule has 1 rings (SSSR count). The van der Waals surface area contributed by atoms with E-state index in [1.807, 2.05) is 31.2 Å². The SMILES string of the molecule is CC/C=C(CC)/C(CC)=C(/CC)c1ccc(C(=O)OCC)cc1. The van der Waals surface area contributed by atoms with Gasteiger partial charge in [-0.25, -0.2) is 4.79 Å². The van der Waals surface area contributed by atoms with E-state index in [1.165, 1.54) is 22.3 Å². The molecule has 23 heavy (non-hydrogen) atoms. The van der Waals surface area contributed by atoms with Gasteiger partial charge in [0.2, 0.25) is 0 Å². The highest BCUT2D eigenvalue weighted by molar-refractivity contribution is 5.90. The van der Waals surface area contributed by atoms with Crippen LogP contribution in [-0.2, 0) is 4.74 Å². The molecule has 0 fully saturated rings. The minimum Gasteiger partial charge on any atom is -0.462 e. The Labute approximate surface area is 141 Å². The highest BCUT2D eigenvalue weighted by Crippen LogP contribution is 2.30. The molecule has 0 heterocycles. The molecular formula is C21H30O2. The van der Waals surface area contributed by atoms with E-state index in [2.05, 4.69) is 33.8 Å². The number of allylic oxidation sites excluding steroid dienone is 4. The van der Waals surface area contributed by atoms with E-state index in [4.69, 9.17) is 4.74 Å². The Hall–Kier alpha value is -1.83. The first-order valence-electron chi connectivity index (χ1n) is 8.81. The Bertz CT molecular complexity index is 562. The standard InChI is InChI=1S/C21H30O2/c1-6-11-16(7-2)19(8-3)20(9-4)17-12-14-18(15-13-17)21(22)23-10-5/h11-15H,6-10H2,1-5H3/b16-11+,20-19-. The highest BCUT2D eigenvalue weighted by atomic mass is 16.5. The van der Waals surface area contributed by atoms with Crippen LogP contribution in [0.5, 0.6) is 0 Å². The summed E-state index contributed by atoms with van der Waals surface area (Å²) in [5, 5.41) is 0. The van der Waals surface area contributed by atoms with Crippen molar-refractivity contribution in [1.29, 1.82) is 0 Å². The maximum absolute atomic E-state index is 11.8. The fourth-order valence-corrected chi connectivity index (χ4v) is 2.98. The fraction of sp³-hybridized carbons (Fsp3) is 0.476. The Morgan fingerprint density at radius 2 is 1.52 bits per heavy atom. The van der Waals surface area contributed by atoms with Gasteiger partial charge in [0.1, 0.15) is 0 Å². The maximum Gasteiger partial charge on any atom is 0.338 e. The summed E-state index contributed by atoms with van der Waals surface area (Å²) < 4.78 is 5.05. The first kappa shape index (κ1) is 19.2. The number of carbonyl (C=O) groups is 1. The van der Waals surface area contributed by atoms with E-state index in [-0.39, 0.29) is 5.97 Å². The monoisotopic (exact) mass is 314 g/mol. The third-order valence-corrected chi connectivity index (χ3v) is 4.03. The first-order valence-corrected chi connectivity index (χ1v) is 8.81. The van der Waals surface area contributed by atoms with Gasteiger partial charge in [0.25, 0.3) is 0 Å². The quantitative estimate of drug-likeness (QED) is 0.423. The van der Waals surface area contributed by atoms with Gasteiger partial charge in [0, 0.05) is 0 Å². The molecule has 126 valence electrons. The molecule has 0 aliphatic carbocycles. The van der Waals surface area contributed by atoms with E-state index in [1.54, 1.807) is 0 Å². The minimum atomic E-state index is -0.253. The van der Waals surface area contributed by atoms with Crippen molar-refractivity contribution in [1.82, 2.24) is 0 Å². The third-order valence-electron chi connectivity index (χ3n) is 4.03. The summed E-state index contributed by atoms with van der Waals surface area (Å²) in [6.45, 7) is 11.0. The molecule has 0 radical (unpaired) electrons. The van der Waals surface area contributed by atoms with Crippen LogP contribution < -0.4 is 0 Å². The molecule has 1 aromatic carbocycles. The molecule has 1 aromatic rings. The minimum absolute atomic E-state index is 0.253. The summed E-state index contributed by atoms with van der Waals surface area (Å²) in [5.41, 5.74) is 6.09. The maximum atomic E-state index is 11.8. The zero-order valence-corrected chi connectivity index (χ0v) is 15.2. The summed E-state index contributed by atoms with van der Waals surface area (Å²) >= 11 is 0. The molecule has 2 heteroatoms. The number of rotatable bonds is 8. The fourth-order valence-electron chi connectivity index (χ4n) is 2.98. The summed E-state index contributed by atoms with van der Waals surface area (Å²) in [6, 6.07) is 7.82. The largest absolute Gasteiger partial charge is 0.462 e. The van der Waals surface area contributed by atoms with Gasteiger partial charge in [-0.1, -0.05) is 45.9 Å². The predicted octanol–water partition coefficient (Wildman–Crippen LogP) is 6.18. The van der Waals surface area contributed by atoms with Crippen molar-refractivity contribution >= 4 is 11.5 Å². The number of benzene rings is 1. The van der Waals surface area contributed by atoms with Crippen LogP contribution in [0.15, 0.2) is 41.5 Å². The van der Waals surface area contributed by atoms with Crippen molar-refractivity contribution in [3.8, 4) is 0 Å². The van der Waals surface area contributed by atoms with Crippen LogP contribution in [0, 0.1) is 0 Å². The highest BCUT2D eigenvalue weighted by Gasteiger charge is 2.11. The molecule has 0 aliphatic rings. The van der Waals surface area contributed by atoms with Crippen molar-refractivity contribution in [2.75, 3.05) is 6.61 Å². The lowest BCUT2D eigenvalue weighted by atomic mass is 9.89. The number of carbonyl (C=O) groups excluding carboxylic acids is 1. The average Bonchev–Trinajstić information content (AvgIpc) is 2.58. The Morgan fingerprint density at radius 1 is 0.913 bits per heavy atom. The summed E-state index contributed by atoms with van der Waals surface area (Å²) in [5.74, 6) is -0.253. The Kier molecular flexibility index (Phi) is 8.39. The number of esters is 1. The molecule has 2 nitrogen and oxygen atoms in total. The molecule has 0 amide bonds. The summed E-state index contributed by atoms with van der Waals surface area (Å²) in [7, 11) is 0. The predicted molar refractivity (Wildman–Crippen MR) is 98.6 cm³/mol. The van der Waals surface area contributed by atoms with Gasteiger partial charge >= 0.3 is 5.97 Å². The number of hydrogen-bond acceptors (Lipinski definition) is 2. The van der Waals surface area contributed by atoms with Crippen LogP contribution in [0.4, 0.5) is 0 Å². The lowest BCUT2D eigenvalue weighted by Gasteiger charge is -2.16. The van der Waals surface area contributed by atoms with Gasteiger partial charge in [0.15, 0.2) is 0 Å². The van der Waals surface area contributed by atoms with E-state index in [0.717, 1.165) is 25.7 Å². The van der Waals surface area contributed by atoms with Crippen LogP contribution in [0.1, 0.15) is 76.2 Å². The van der Waals surface area contributed by atoms with Gasteiger partial charge in [-0.2, -0.15) is 0 Å². The van der Waals surface area contributed by atoms with Crippen molar-refractivity contribution in [2.45, 2.75) is 60.3 Å². The molecule has 0 aliphatic heterocycles. The molecule has 0 spiro atoms. The Balaban J connectivity index is 3.24. The smallest absolute Gasteiger partial charge is 0.338 e. The van der Waals surface area contributed by atoms with Gasteiger partial charge in [-0.3, -0.25) is 0 Å². The van der Waals surface area contributed by atoms with Crippen LogP contribution in [0.2, 0.25) is 0 Å². The van der Waals surface area contributed by atoms with E-state index in [0.29, 0.717) is 12.2 Å². The van der Waals surface area contributed by atoms with Crippen molar-refractivity contribution in [2.24, 2.45) is 0 Å². The van der Waals surface area contributed by atoms with Crippen molar-refractivity contribution < 1.29 is 9.53 Å². The van der Waals surface area contributed by atoms with Crippen LogP contribution in [0.25, 0.3) is 5.57 Å².